The van der Waals surface area contributed by atoms with Gasteiger partial charge in [0.2, 0.25) is 0 Å². The first-order chi connectivity index (χ1) is 9.97. The van der Waals surface area contributed by atoms with E-state index in [9.17, 15) is 14.3 Å². The average Bonchev–Trinajstić information content (AvgIpc) is 2.75. The zero-order valence-electron chi connectivity index (χ0n) is 11.6. The highest BCUT2D eigenvalue weighted by atomic mass is 19.1. The van der Waals surface area contributed by atoms with Crippen molar-refractivity contribution < 1.29 is 13.9 Å². The molecule has 3 aromatic rings. The molecule has 0 amide bonds. The lowest BCUT2D eigenvalue weighted by Gasteiger charge is -2.13. The molecule has 5 heteroatoms. The van der Waals surface area contributed by atoms with E-state index in [1.807, 2.05) is 6.92 Å². The summed E-state index contributed by atoms with van der Waals surface area (Å²) in [6, 6.07) is 9.46. The van der Waals surface area contributed by atoms with E-state index in [-0.39, 0.29) is 5.56 Å². The van der Waals surface area contributed by atoms with Crippen molar-refractivity contribution >= 4 is 11.1 Å². The zero-order valence-corrected chi connectivity index (χ0v) is 11.6. The van der Waals surface area contributed by atoms with Crippen LogP contribution in [0.1, 0.15) is 22.8 Å². The van der Waals surface area contributed by atoms with Gasteiger partial charge in [-0.05, 0) is 30.7 Å². The first-order valence-corrected chi connectivity index (χ1v) is 6.51. The minimum atomic E-state index is -1.11. The molecule has 1 N–H and O–H groups in total. The molecule has 21 heavy (non-hydrogen) atoms. The summed E-state index contributed by atoms with van der Waals surface area (Å²) in [6.07, 6.45) is -1.11. The number of aliphatic hydroxyl groups is 1. The number of hydrogen-bond acceptors (Lipinski definition) is 3. The highest BCUT2D eigenvalue weighted by Crippen LogP contribution is 2.27. The molecule has 1 heterocycles. The number of rotatable bonds is 2. The standard InChI is InChI=1S/C16H14FNO3/c1-9-3-5-12(17)11(7-9)15(19)10-4-6-13-14(8-10)21-16(20)18(13)2/h3-8,15,19H,1-2H3. The Morgan fingerprint density at radius 3 is 2.76 bits per heavy atom. The van der Waals surface area contributed by atoms with Crippen molar-refractivity contribution in [2.75, 3.05) is 0 Å². The Bertz CT molecular complexity index is 879. The summed E-state index contributed by atoms with van der Waals surface area (Å²) < 4.78 is 20.3. The number of benzene rings is 2. The third-order valence-corrected chi connectivity index (χ3v) is 3.58. The Kier molecular flexibility index (Phi) is 3.14. The molecule has 1 atom stereocenters. The van der Waals surface area contributed by atoms with Crippen molar-refractivity contribution in [2.45, 2.75) is 13.0 Å². The number of hydrogen-bond donors (Lipinski definition) is 1. The highest BCUT2D eigenvalue weighted by molar-refractivity contribution is 5.74. The number of nitrogens with zero attached hydrogens (tertiary/aromatic N) is 1. The minimum Gasteiger partial charge on any atom is -0.408 e. The van der Waals surface area contributed by atoms with Crippen LogP contribution in [0.15, 0.2) is 45.6 Å². The quantitative estimate of drug-likeness (QED) is 0.788. The van der Waals surface area contributed by atoms with Crippen molar-refractivity contribution in [2.24, 2.45) is 7.05 Å². The van der Waals surface area contributed by atoms with Crippen molar-refractivity contribution in [1.82, 2.24) is 4.57 Å². The molecule has 0 spiro atoms. The van der Waals surface area contributed by atoms with Gasteiger partial charge in [0.15, 0.2) is 5.58 Å². The second-order valence-corrected chi connectivity index (χ2v) is 5.08. The lowest BCUT2D eigenvalue weighted by Crippen LogP contribution is -2.08. The number of aromatic nitrogens is 1. The Morgan fingerprint density at radius 2 is 2.00 bits per heavy atom. The smallest absolute Gasteiger partial charge is 0.408 e. The van der Waals surface area contributed by atoms with E-state index in [1.54, 1.807) is 37.4 Å². The van der Waals surface area contributed by atoms with Gasteiger partial charge < -0.3 is 9.52 Å². The molecule has 1 aromatic heterocycles. The second kappa shape index (κ2) is 4.86. The first kappa shape index (κ1) is 13.6. The third-order valence-electron chi connectivity index (χ3n) is 3.58. The SMILES string of the molecule is Cc1ccc(F)c(C(O)c2ccc3c(c2)oc(=O)n3C)c1. The molecule has 0 fully saturated rings. The second-order valence-electron chi connectivity index (χ2n) is 5.08. The number of halogens is 1. The van der Waals surface area contributed by atoms with Crippen molar-refractivity contribution in [3.63, 3.8) is 0 Å². The largest absolute Gasteiger partial charge is 0.419 e. The van der Waals surface area contributed by atoms with Crippen LogP contribution in [-0.2, 0) is 7.05 Å². The summed E-state index contributed by atoms with van der Waals surface area (Å²) in [5, 5.41) is 10.4. The van der Waals surface area contributed by atoms with Gasteiger partial charge in [-0.1, -0.05) is 23.8 Å². The van der Waals surface area contributed by atoms with Crippen molar-refractivity contribution in [3.05, 3.63) is 69.5 Å². The van der Waals surface area contributed by atoms with Crippen LogP contribution in [0.3, 0.4) is 0 Å². The van der Waals surface area contributed by atoms with Crippen molar-refractivity contribution in [3.8, 4) is 0 Å². The monoisotopic (exact) mass is 287 g/mol. The molecule has 0 radical (unpaired) electrons. The maximum Gasteiger partial charge on any atom is 0.419 e. The molecule has 3 rings (SSSR count). The number of fused-ring (bicyclic) bond motifs is 1. The fraction of sp³-hybridized carbons (Fsp3) is 0.188. The van der Waals surface area contributed by atoms with E-state index < -0.39 is 17.7 Å². The van der Waals surface area contributed by atoms with Crippen LogP contribution in [0.2, 0.25) is 0 Å². The lowest BCUT2D eigenvalue weighted by molar-refractivity contribution is 0.215. The molecule has 0 aliphatic rings. The topological polar surface area (TPSA) is 55.4 Å². The molecule has 0 saturated heterocycles. The minimum absolute atomic E-state index is 0.202. The fourth-order valence-electron chi connectivity index (χ4n) is 2.37. The third kappa shape index (κ3) is 2.25. The molecule has 0 bridgehead atoms. The average molecular weight is 287 g/mol. The number of aliphatic hydroxyl groups excluding tert-OH is 1. The Balaban J connectivity index is 2.11. The number of aryl methyl sites for hydroxylation is 2. The Hall–Kier alpha value is -2.40. The van der Waals surface area contributed by atoms with Gasteiger partial charge in [-0.3, -0.25) is 4.57 Å². The van der Waals surface area contributed by atoms with E-state index in [4.69, 9.17) is 4.42 Å². The Morgan fingerprint density at radius 1 is 1.24 bits per heavy atom. The fourth-order valence-corrected chi connectivity index (χ4v) is 2.37. The van der Waals surface area contributed by atoms with Crippen LogP contribution < -0.4 is 5.76 Å². The first-order valence-electron chi connectivity index (χ1n) is 6.51. The summed E-state index contributed by atoms with van der Waals surface area (Å²) in [4.78, 5) is 11.5. The van der Waals surface area contributed by atoms with Gasteiger partial charge in [-0.25, -0.2) is 9.18 Å². The van der Waals surface area contributed by atoms with Crippen LogP contribution >= 0.6 is 0 Å². The normalized spacial score (nSPS) is 12.8. The molecule has 1 unspecified atom stereocenters. The summed E-state index contributed by atoms with van der Waals surface area (Å²) >= 11 is 0. The van der Waals surface area contributed by atoms with Crippen molar-refractivity contribution in [1.29, 1.82) is 0 Å². The van der Waals surface area contributed by atoms with E-state index in [2.05, 4.69) is 0 Å². The van der Waals surface area contributed by atoms with Gasteiger partial charge in [-0.2, -0.15) is 0 Å². The molecule has 0 saturated carbocycles. The molecule has 4 nitrogen and oxygen atoms in total. The van der Waals surface area contributed by atoms with Gasteiger partial charge in [0.1, 0.15) is 11.9 Å². The van der Waals surface area contributed by atoms with E-state index in [1.165, 1.54) is 10.6 Å². The maximum atomic E-state index is 13.9. The summed E-state index contributed by atoms with van der Waals surface area (Å²) in [5.74, 6) is -0.943. The molecule has 0 aliphatic heterocycles. The highest BCUT2D eigenvalue weighted by Gasteiger charge is 2.17. The van der Waals surface area contributed by atoms with E-state index in [0.29, 0.717) is 16.7 Å². The predicted molar refractivity (Wildman–Crippen MR) is 76.7 cm³/mol. The van der Waals surface area contributed by atoms with Gasteiger partial charge in [-0.15, -0.1) is 0 Å². The maximum absolute atomic E-state index is 13.9. The van der Waals surface area contributed by atoms with Gasteiger partial charge in [0, 0.05) is 12.6 Å². The van der Waals surface area contributed by atoms with E-state index >= 15 is 0 Å². The molecular weight excluding hydrogens is 273 g/mol. The molecule has 0 aliphatic carbocycles. The van der Waals surface area contributed by atoms with Crippen LogP contribution in [0.4, 0.5) is 4.39 Å². The zero-order chi connectivity index (χ0) is 15.1. The molecular formula is C16H14FNO3. The van der Waals surface area contributed by atoms with Gasteiger partial charge in [0.25, 0.3) is 0 Å². The Labute approximate surface area is 120 Å². The van der Waals surface area contributed by atoms with Crippen LogP contribution in [0.25, 0.3) is 11.1 Å². The van der Waals surface area contributed by atoms with E-state index in [0.717, 1.165) is 5.56 Å². The predicted octanol–water partition coefficient (Wildman–Crippen LogP) is 2.66. The van der Waals surface area contributed by atoms with Gasteiger partial charge in [0.05, 0.1) is 5.52 Å². The van der Waals surface area contributed by atoms with Gasteiger partial charge >= 0.3 is 5.76 Å². The lowest BCUT2D eigenvalue weighted by atomic mass is 9.99. The number of oxazole rings is 1. The summed E-state index contributed by atoms with van der Waals surface area (Å²) in [6.45, 7) is 1.83. The van der Waals surface area contributed by atoms with Crippen LogP contribution in [0, 0.1) is 12.7 Å². The summed E-state index contributed by atoms with van der Waals surface area (Å²) in [5.41, 5.74) is 2.53. The molecule has 2 aromatic carbocycles. The molecule has 108 valence electrons. The van der Waals surface area contributed by atoms with Crippen LogP contribution in [0.5, 0.6) is 0 Å². The summed E-state index contributed by atoms with van der Waals surface area (Å²) in [7, 11) is 1.60. The van der Waals surface area contributed by atoms with Crippen LogP contribution in [-0.4, -0.2) is 9.67 Å².